The zero-order chi connectivity index (χ0) is 7.56. The molecule has 1 aliphatic rings. The molecule has 0 aliphatic carbocycles. The molecule has 10 heavy (non-hydrogen) atoms. The van der Waals surface area contributed by atoms with E-state index in [1.54, 1.807) is 11.8 Å². The van der Waals surface area contributed by atoms with Crippen molar-refractivity contribution in [3.05, 3.63) is 0 Å². The summed E-state index contributed by atoms with van der Waals surface area (Å²) in [4.78, 5) is 21.8. The molecule has 56 valence electrons. The molecule has 1 fully saturated rings. The molecule has 0 saturated carbocycles. The minimum Gasteiger partial charge on any atom is -0.299 e. The second-order valence-electron chi connectivity index (χ2n) is 2.45. The monoisotopic (exact) mass is 158 g/mol. The first-order chi connectivity index (χ1) is 4.72. The topological polar surface area (TPSA) is 34.1 Å². The average Bonchev–Trinajstić information content (AvgIpc) is 1.88. The van der Waals surface area contributed by atoms with Gasteiger partial charge in [0.05, 0.1) is 5.92 Å². The normalized spacial score (nSPS) is 26.5. The van der Waals surface area contributed by atoms with E-state index >= 15 is 0 Å². The zero-order valence-electron chi connectivity index (χ0n) is 5.92. The van der Waals surface area contributed by atoms with E-state index < -0.39 is 0 Å². The number of rotatable bonds is 1. The van der Waals surface area contributed by atoms with Gasteiger partial charge >= 0.3 is 0 Å². The summed E-state index contributed by atoms with van der Waals surface area (Å²) in [5.41, 5.74) is 0. The predicted molar refractivity (Wildman–Crippen MR) is 41.1 cm³/mol. The average molecular weight is 158 g/mol. The Morgan fingerprint density at radius 1 is 1.70 bits per heavy atom. The van der Waals surface area contributed by atoms with Crippen molar-refractivity contribution in [2.45, 2.75) is 13.3 Å². The first-order valence-electron chi connectivity index (χ1n) is 3.32. The van der Waals surface area contributed by atoms with Crippen LogP contribution in [0.25, 0.3) is 0 Å². The van der Waals surface area contributed by atoms with Crippen LogP contribution in [0.1, 0.15) is 13.3 Å². The van der Waals surface area contributed by atoms with E-state index in [1.807, 2.05) is 0 Å². The highest BCUT2D eigenvalue weighted by atomic mass is 32.2. The molecule has 1 aliphatic heterocycles. The van der Waals surface area contributed by atoms with Crippen LogP contribution >= 0.6 is 11.8 Å². The summed E-state index contributed by atoms with van der Waals surface area (Å²) in [6.45, 7) is 1.49. The molecule has 1 atom stereocenters. The van der Waals surface area contributed by atoms with E-state index in [1.165, 1.54) is 6.92 Å². The van der Waals surface area contributed by atoms with Gasteiger partial charge < -0.3 is 0 Å². The molecule has 0 spiro atoms. The third-order valence-electron chi connectivity index (χ3n) is 1.66. The summed E-state index contributed by atoms with van der Waals surface area (Å²) >= 11 is 1.69. The van der Waals surface area contributed by atoms with Gasteiger partial charge in [0.25, 0.3) is 0 Å². The molecule has 0 unspecified atom stereocenters. The highest BCUT2D eigenvalue weighted by molar-refractivity contribution is 7.99. The van der Waals surface area contributed by atoms with Crippen molar-refractivity contribution in [2.75, 3.05) is 11.5 Å². The minimum absolute atomic E-state index is 0.0252. The van der Waals surface area contributed by atoms with Gasteiger partial charge in [-0.3, -0.25) is 9.59 Å². The maximum Gasteiger partial charge on any atom is 0.144 e. The van der Waals surface area contributed by atoms with E-state index in [9.17, 15) is 9.59 Å². The molecular formula is C7H10O2S. The Morgan fingerprint density at radius 3 is 2.80 bits per heavy atom. The van der Waals surface area contributed by atoms with Gasteiger partial charge in [0.15, 0.2) is 0 Å². The van der Waals surface area contributed by atoms with Gasteiger partial charge in [0.2, 0.25) is 0 Å². The van der Waals surface area contributed by atoms with Crippen molar-refractivity contribution in [1.82, 2.24) is 0 Å². The van der Waals surface area contributed by atoms with Crippen LogP contribution in [0.4, 0.5) is 0 Å². The second-order valence-corrected chi connectivity index (χ2v) is 3.60. The first-order valence-corrected chi connectivity index (χ1v) is 4.48. The Morgan fingerprint density at radius 2 is 2.40 bits per heavy atom. The van der Waals surface area contributed by atoms with Gasteiger partial charge in [0.1, 0.15) is 11.6 Å². The Bertz CT molecular complexity index is 165. The number of carbonyl (C=O) groups excluding carboxylic acids is 2. The van der Waals surface area contributed by atoms with E-state index in [0.717, 1.165) is 5.75 Å². The quantitative estimate of drug-likeness (QED) is 0.532. The third-order valence-corrected chi connectivity index (χ3v) is 2.72. The second kappa shape index (κ2) is 3.19. The van der Waals surface area contributed by atoms with Gasteiger partial charge in [0, 0.05) is 17.9 Å². The lowest BCUT2D eigenvalue weighted by molar-refractivity contribution is -0.130. The summed E-state index contributed by atoms with van der Waals surface area (Å²) in [5.74, 6) is 1.46. The Kier molecular flexibility index (Phi) is 2.49. The van der Waals surface area contributed by atoms with Crippen molar-refractivity contribution in [3.63, 3.8) is 0 Å². The molecule has 3 heteroatoms. The van der Waals surface area contributed by atoms with E-state index in [2.05, 4.69) is 0 Å². The molecule has 0 aromatic rings. The lowest BCUT2D eigenvalue weighted by atomic mass is 10.0. The van der Waals surface area contributed by atoms with Crippen LogP contribution in [0, 0.1) is 5.92 Å². The maximum atomic E-state index is 11.0. The van der Waals surface area contributed by atoms with E-state index in [0.29, 0.717) is 12.2 Å². The number of carbonyl (C=O) groups is 2. The standard InChI is InChI=1S/C7H10O2S/c1-5(8)6-4-10-3-2-7(6)9/h6H,2-4H2,1H3/t6-/m0/s1. The number of hydrogen-bond acceptors (Lipinski definition) is 3. The predicted octanol–water partition coefficient (Wildman–Crippen LogP) is 0.898. The summed E-state index contributed by atoms with van der Waals surface area (Å²) in [7, 11) is 0. The highest BCUT2D eigenvalue weighted by Gasteiger charge is 2.25. The number of hydrogen-bond donors (Lipinski definition) is 0. The summed E-state index contributed by atoms with van der Waals surface area (Å²) < 4.78 is 0. The van der Waals surface area contributed by atoms with Gasteiger partial charge in [-0.25, -0.2) is 0 Å². The van der Waals surface area contributed by atoms with Crippen molar-refractivity contribution in [3.8, 4) is 0 Å². The lowest BCUT2D eigenvalue weighted by Crippen LogP contribution is -2.28. The molecule has 1 rings (SSSR count). The van der Waals surface area contributed by atoms with Crippen molar-refractivity contribution in [2.24, 2.45) is 5.92 Å². The largest absolute Gasteiger partial charge is 0.299 e. The van der Waals surface area contributed by atoms with Crippen LogP contribution in [0.15, 0.2) is 0 Å². The molecule has 0 amide bonds. The fourth-order valence-electron chi connectivity index (χ4n) is 0.985. The molecule has 1 heterocycles. The van der Waals surface area contributed by atoms with Crippen LogP contribution in [-0.2, 0) is 9.59 Å². The molecule has 2 nitrogen and oxygen atoms in total. The van der Waals surface area contributed by atoms with Crippen LogP contribution in [0.3, 0.4) is 0 Å². The summed E-state index contributed by atoms with van der Waals surface area (Å²) in [6, 6.07) is 0. The van der Waals surface area contributed by atoms with Gasteiger partial charge in [-0.1, -0.05) is 0 Å². The highest BCUT2D eigenvalue weighted by Crippen LogP contribution is 2.19. The van der Waals surface area contributed by atoms with Crippen LogP contribution in [0.2, 0.25) is 0 Å². The molecular weight excluding hydrogens is 148 g/mol. The van der Waals surface area contributed by atoms with Crippen LogP contribution < -0.4 is 0 Å². The summed E-state index contributed by atoms with van der Waals surface area (Å²) in [5, 5.41) is 0. The summed E-state index contributed by atoms with van der Waals surface area (Å²) in [6.07, 6.45) is 0.578. The Balaban J connectivity index is 2.56. The lowest BCUT2D eigenvalue weighted by Gasteiger charge is -2.16. The maximum absolute atomic E-state index is 11.0. The van der Waals surface area contributed by atoms with Crippen molar-refractivity contribution in [1.29, 1.82) is 0 Å². The van der Waals surface area contributed by atoms with Gasteiger partial charge in [-0.05, 0) is 6.92 Å². The number of Topliss-reactive ketones (excluding diaryl/α,β-unsaturated/α-hetero) is 2. The van der Waals surface area contributed by atoms with Crippen molar-refractivity contribution < 1.29 is 9.59 Å². The Labute approximate surface area is 64.4 Å². The SMILES string of the molecule is CC(=O)[C@@H]1CSCCC1=O. The van der Waals surface area contributed by atoms with Gasteiger partial charge in [-0.15, -0.1) is 0 Å². The molecule has 0 aromatic carbocycles. The van der Waals surface area contributed by atoms with Crippen LogP contribution in [-0.4, -0.2) is 23.1 Å². The Hall–Kier alpha value is -0.310. The van der Waals surface area contributed by atoms with E-state index in [4.69, 9.17) is 0 Å². The van der Waals surface area contributed by atoms with E-state index in [-0.39, 0.29) is 17.5 Å². The molecule has 0 radical (unpaired) electrons. The molecule has 0 aromatic heterocycles. The molecule has 0 bridgehead atoms. The number of ketones is 2. The number of thioether (sulfide) groups is 1. The third kappa shape index (κ3) is 1.59. The fraction of sp³-hybridized carbons (Fsp3) is 0.714. The first kappa shape index (κ1) is 7.79. The zero-order valence-corrected chi connectivity index (χ0v) is 6.74. The fourth-order valence-corrected chi connectivity index (χ4v) is 2.15. The van der Waals surface area contributed by atoms with Crippen LogP contribution in [0.5, 0.6) is 0 Å². The smallest absolute Gasteiger partial charge is 0.144 e. The minimum atomic E-state index is -0.293. The molecule has 0 N–H and O–H groups in total. The van der Waals surface area contributed by atoms with Gasteiger partial charge in [-0.2, -0.15) is 11.8 Å². The molecule has 1 saturated heterocycles. The van der Waals surface area contributed by atoms with Crippen molar-refractivity contribution >= 4 is 23.3 Å².